The van der Waals surface area contributed by atoms with E-state index in [0.717, 1.165) is 55.1 Å². The molecule has 7 heterocycles. The maximum absolute atomic E-state index is 10.6. The standard InChI is InChI=1S/C9H9N3.C9H11NO.C9H7N.2C9H10.C7H7N3.2C7H8.C5H6N2.4C5H5N.C5H6O.C4H8.3C2H6.3CH4O/c1-2-3-8-4-6-9(7-5-8)11-12-10;1-7-3-5-9(6-4-7)10-8(2)11;1-2-6-9-8(4-1)5-3-7-10-9;2*1-2-6-9-7-4-3-5-8-9;1-6-2-4-7(5-3-6)9-10-8;2*1-7-5-3-2-4-6-7;1-5-4-6-2-3-7-5;4*1-2-4-6-5-3-1;1-5-3-2-4-6-5;1-3-4-2;6*1-2/h2-7H,1H3;3-6H,1-2H3,(H,10,11);1-7H;2*2-8H,1H3;2-5H,1H3;2*2-6H,1H3;2-4H,1H3;4*1-5H;2-4H,1H3;3-4H,1-2H3;3*1-2H3;3*2H,1H3. The second-order valence-electron chi connectivity index (χ2n) is 23.5. The van der Waals surface area contributed by atoms with Crippen LogP contribution in [0, 0.1) is 41.5 Å². The summed E-state index contributed by atoms with van der Waals surface area (Å²) >= 11 is 0. The number of pyridine rings is 5. The van der Waals surface area contributed by atoms with Gasteiger partial charge in [-0.05, 0) is 189 Å². The second-order valence-corrected chi connectivity index (χ2v) is 23.5. The van der Waals surface area contributed by atoms with Crippen molar-refractivity contribution in [2.24, 2.45) is 10.2 Å². The van der Waals surface area contributed by atoms with Crippen molar-refractivity contribution in [2.45, 2.75) is 125 Å². The molecule has 0 aliphatic carbocycles. The van der Waals surface area contributed by atoms with Crippen molar-refractivity contribution < 1.29 is 24.5 Å². The third kappa shape index (κ3) is 87.4. The van der Waals surface area contributed by atoms with E-state index >= 15 is 0 Å². The van der Waals surface area contributed by atoms with E-state index < -0.39 is 0 Å². The molecular formula is C109H140N14O5. The number of aliphatic hydroxyl groups excluding tert-OH is 3. The highest BCUT2D eigenvalue weighted by Crippen LogP contribution is 2.15. The molecule has 4 N–H and O–H groups in total. The number of hydrogen-bond donors (Lipinski definition) is 4. The molecule has 0 radical (unpaired) electrons. The van der Waals surface area contributed by atoms with Crippen molar-refractivity contribution in [1.29, 1.82) is 0 Å². The van der Waals surface area contributed by atoms with Crippen LogP contribution >= 0.6 is 0 Å². The molecule has 128 heavy (non-hydrogen) atoms. The first-order chi connectivity index (χ1) is 62.7. The minimum atomic E-state index is -0.0335. The predicted molar refractivity (Wildman–Crippen MR) is 548 cm³/mol. The van der Waals surface area contributed by atoms with Crippen LogP contribution in [0.3, 0.4) is 0 Å². The van der Waals surface area contributed by atoms with Crippen LogP contribution in [-0.2, 0) is 4.79 Å². The number of carbonyl (C=O) groups is 1. The first-order valence-electron chi connectivity index (χ1n) is 41.7. The Morgan fingerprint density at radius 1 is 0.328 bits per heavy atom. The van der Waals surface area contributed by atoms with Crippen LogP contribution in [0.25, 0.3) is 50.0 Å². The van der Waals surface area contributed by atoms with Crippen LogP contribution < -0.4 is 5.32 Å². The zero-order valence-electron chi connectivity index (χ0n) is 79.1. The predicted octanol–water partition coefficient (Wildman–Crippen LogP) is 30.4. The third-order valence-electron chi connectivity index (χ3n) is 13.6. The van der Waals surface area contributed by atoms with Gasteiger partial charge in [-0.25, -0.2) is 0 Å². The Kier molecular flexibility index (Phi) is 99.3. The monoisotopic (exact) mass is 1730 g/mol. The van der Waals surface area contributed by atoms with Gasteiger partial charge in [-0.2, -0.15) is 0 Å². The molecule has 0 unspecified atom stereocenters. The molecule has 0 spiro atoms. The topological polar surface area (TPSA) is 291 Å². The third-order valence-corrected chi connectivity index (χ3v) is 13.6. The highest BCUT2D eigenvalue weighted by molar-refractivity contribution is 5.88. The Hall–Kier alpha value is -14.9. The molecule has 0 saturated carbocycles. The molecule has 15 aromatic rings. The fraction of sp³-hybridized carbons (Fsp3) is 0.193. The van der Waals surface area contributed by atoms with Crippen molar-refractivity contribution in [1.82, 2.24) is 34.9 Å². The maximum atomic E-state index is 10.6. The zero-order chi connectivity index (χ0) is 96.5. The van der Waals surface area contributed by atoms with Gasteiger partial charge in [0.05, 0.1) is 17.5 Å². The average molecular weight is 1730 g/mol. The number of furan rings is 1. The number of azide groups is 2. The summed E-state index contributed by atoms with van der Waals surface area (Å²) in [5.74, 6) is 0.934. The van der Waals surface area contributed by atoms with E-state index in [1.165, 1.54) is 40.1 Å². The number of nitrogens with zero attached hydrogens (tertiary/aromatic N) is 13. The molecule has 8 aromatic carbocycles. The molecule has 0 atom stereocenters. The van der Waals surface area contributed by atoms with E-state index in [1.54, 1.807) is 98.7 Å². The average Bonchev–Trinajstić information content (AvgIpc) is 0.908. The largest absolute Gasteiger partial charge is 0.470 e. The lowest BCUT2D eigenvalue weighted by Gasteiger charge is -2.00. The second kappa shape index (κ2) is 103. The molecule has 19 heteroatoms. The fourth-order valence-electron chi connectivity index (χ4n) is 7.98. The maximum Gasteiger partial charge on any atom is 0.221 e. The summed E-state index contributed by atoms with van der Waals surface area (Å²) < 4.78 is 4.83. The highest BCUT2D eigenvalue weighted by atomic mass is 16.3. The van der Waals surface area contributed by atoms with Crippen LogP contribution in [0.2, 0.25) is 0 Å². The molecule has 0 saturated heterocycles. The van der Waals surface area contributed by atoms with Crippen molar-refractivity contribution in [3.8, 4) is 0 Å². The van der Waals surface area contributed by atoms with E-state index in [1.807, 2.05) is 377 Å². The lowest BCUT2D eigenvalue weighted by Crippen LogP contribution is -2.05. The summed E-state index contributed by atoms with van der Waals surface area (Å²) in [6.45, 7) is 35.5. The smallest absolute Gasteiger partial charge is 0.221 e. The van der Waals surface area contributed by atoms with Gasteiger partial charge in [-0.1, -0.05) is 353 Å². The Bertz CT molecular complexity index is 4470. The van der Waals surface area contributed by atoms with Gasteiger partial charge in [0.15, 0.2) is 0 Å². The van der Waals surface area contributed by atoms with E-state index in [0.29, 0.717) is 11.4 Å². The number of nitrogens with one attached hydrogen (secondary N) is 1. The Labute approximate surface area is 766 Å². The van der Waals surface area contributed by atoms with Crippen LogP contribution in [-0.4, -0.2) is 77.4 Å². The van der Waals surface area contributed by atoms with Crippen molar-refractivity contribution in [2.75, 3.05) is 26.6 Å². The molecule has 676 valence electrons. The minimum absolute atomic E-state index is 0.0335. The summed E-state index contributed by atoms with van der Waals surface area (Å²) in [6.07, 6.45) is 38.7. The van der Waals surface area contributed by atoms with Gasteiger partial charge in [0.2, 0.25) is 5.91 Å². The van der Waals surface area contributed by atoms with Crippen molar-refractivity contribution in [3.63, 3.8) is 0 Å². The first-order valence-corrected chi connectivity index (χ1v) is 41.7. The number of anilines is 1. The lowest BCUT2D eigenvalue weighted by molar-refractivity contribution is -0.114. The van der Waals surface area contributed by atoms with Crippen LogP contribution in [0.5, 0.6) is 0 Å². The summed E-state index contributed by atoms with van der Waals surface area (Å²) in [5, 5.41) is 31.8. The molecule has 0 fully saturated rings. The summed E-state index contributed by atoms with van der Waals surface area (Å²) in [7, 11) is 3.00. The zero-order valence-corrected chi connectivity index (χ0v) is 79.1. The number of benzene rings is 8. The van der Waals surface area contributed by atoms with Gasteiger partial charge in [0.1, 0.15) is 5.76 Å². The molecule has 0 aliphatic rings. The van der Waals surface area contributed by atoms with Gasteiger partial charge < -0.3 is 25.1 Å². The van der Waals surface area contributed by atoms with Crippen molar-refractivity contribution >= 4 is 52.1 Å². The van der Waals surface area contributed by atoms with Gasteiger partial charge in [0.25, 0.3) is 0 Å². The SMILES string of the molecule is CC.CC.CC.CC(=O)Nc1ccc(C)cc1.CC=CC.CC=Cc1ccc(N=[N+]=[N-])cc1.CC=Cc1ccccc1.CC=Cc1ccccc1.CO.CO.CO.Cc1ccc(N=[N+]=[N-])cc1.Cc1ccccc1.Cc1ccccc1.Cc1ccco1.Cc1cnccn1.c1ccc2ncccc2c1.c1ccncc1.c1ccncc1.c1ccncc1.c1ccncc1. The Morgan fingerprint density at radius 2 is 0.641 bits per heavy atom. The quantitative estimate of drug-likeness (QED) is 0.0523. The van der Waals surface area contributed by atoms with E-state index in [9.17, 15) is 4.79 Å². The number of aliphatic hydroxyl groups is 3. The summed E-state index contributed by atoms with van der Waals surface area (Å²) in [6, 6.07) is 102. The van der Waals surface area contributed by atoms with Gasteiger partial charge in [0, 0.05) is 135 Å². The number of allylic oxidation sites excluding steroid dienone is 5. The number of para-hydroxylation sites is 1. The number of rotatable bonds is 6. The first kappa shape index (κ1) is 124. The van der Waals surface area contributed by atoms with Crippen LogP contribution in [0.4, 0.5) is 17.1 Å². The van der Waals surface area contributed by atoms with E-state index in [2.05, 4.69) is 147 Å². The van der Waals surface area contributed by atoms with Crippen LogP contribution in [0.1, 0.15) is 133 Å². The summed E-state index contributed by atoms with van der Waals surface area (Å²) in [5.41, 5.74) is 29.0. The number of aryl methyl sites for hydroxylation is 6. The van der Waals surface area contributed by atoms with E-state index in [-0.39, 0.29) is 5.91 Å². The molecule has 19 nitrogen and oxygen atoms in total. The van der Waals surface area contributed by atoms with Crippen molar-refractivity contribution in [3.05, 3.63) is 498 Å². The minimum Gasteiger partial charge on any atom is -0.470 e. The fourth-order valence-corrected chi connectivity index (χ4v) is 7.98. The van der Waals surface area contributed by atoms with Gasteiger partial charge in [-0.15, -0.1) is 0 Å². The molecule has 15 rings (SSSR count). The van der Waals surface area contributed by atoms with Gasteiger partial charge in [-0.3, -0.25) is 39.7 Å². The number of carbonyl (C=O) groups excluding carboxylic acids is 1. The molecular weight excluding hydrogens is 1590 g/mol. The Morgan fingerprint density at radius 3 is 0.883 bits per heavy atom. The normalized spacial score (nSPS) is 8.53. The molecule has 0 bridgehead atoms. The number of amides is 1. The summed E-state index contributed by atoms with van der Waals surface area (Å²) in [4.78, 5) is 43.0. The number of aromatic nitrogens is 7. The number of hydrogen-bond acceptors (Lipinski definition) is 14. The number of fused-ring (bicyclic) bond motifs is 1. The molecule has 7 aromatic heterocycles. The van der Waals surface area contributed by atoms with Gasteiger partial charge >= 0.3 is 0 Å². The molecule has 1 amide bonds. The molecule has 0 aliphatic heterocycles. The van der Waals surface area contributed by atoms with Crippen LogP contribution in [0.15, 0.2) is 441 Å². The Balaban J connectivity index is -0.000000310. The lowest BCUT2D eigenvalue weighted by atomic mass is 10.2. The van der Waals surface area contributed by atoms with E-state index in [4.69, 9.17) is 30.8 Å². The highest BCUT2D eigenvalue weighted by Gasteiger charge is 1.93.